The molecule has 220 valence electrons. The van der Waals surface area contributed by atoms with Crippen LogP contribution < -0.4 is 4.90 Å². The highest BCUT2D eigenvalue weighted by Gasteiger charge is 2.19. The summed E-state index contributed by atoms with van der Waals surface area (Å²) in [5, 5.41) is 9.64. The van der Waals surface area contributed by atoms with E-state index < -0.39 is 0 Å². The van der Waals surface area contributed by atoms with E-state index in [1.165, 1.54) is 38.0 Å². The van der Waals surface area contributed by atoms with Crippen molar-refractivity contribution in [3.05, 3.63) is 170 Å². The highest BCUT2D eigenvalue weighted by Crippen LogP contribution is 2.42. The molecule has 3 nitrogen and oxygen atoms in total. The van der Waals surface area contributed by atoms with Crippen LogP contribution in [0.1, 0.15) is 0 Å². The van der Waals surface area contributed by atoms with E-state index in [-0.39, 0.29) is 0 Å². The Kier molecular flexibility index (Phi) is 5.57. The van der Waals surface area contributed by atoms with E-state index in [2.05, 4.69) is 167 Å². The van der Waals surface area contributed by atoms with Gasteiger partial charge in [0, 0.05) is 44.3 Å². The standard InChI is InChI=1S/C44H28N2O/c1-3-12-32(13-4-1)45(34-21-19-30-27-43-39(26-31(30)25-34)37-17-9-10-18-42(37)47-43)35-22-23-38-41(28-35)46(33-14-5-2-6-15-33)40-24-20-29-11-7-8-16-36(29)44(38)40/h1-28H. The van der Waals surface area contributed by atoms with Gasteiger partial charge in [-0.15, -0.1) is 0 Å². The highest BCUT2D eigenvalue weighted by molar-refractivity contribution is 6.22. The SMILES string of the molecule is c1ccc(N(c2ccc3cc4oc5ccccc5c4cc3c2)c2ccc3c4c5ccccc5ccc4n(-c4ccccc4)c3c2)cc1. The molecule has 0 amide bonds. The van der Waals surface area contributed by atoms with Gasteiger partial charge in [-0.3, -0.25) is 0 Å². The van der Waals surface area contributed by atoms with Crippen molar-refractivity contribution in [1.29, 1.82) is 0 Å². The molecule has 47 heavy (non-hydrogen) atoms. The number of rotatable bonds is 4. The maximum absolute atomic E-state index is 6.20. The Morgan fingerprint density at radius 2 is 1.09 bits per heavy atom. The minimum atomic E-state index is 0.915. The fraction of sp³-hybridized carbons (Fsp3) is 0. The molecule has 0 saturated carbocycles. The number of fused-ring (bicyclic) bond motifs is 9. The van der Waals surface area contributed by atoms with E-state index in [9.17, 15) is 0 Å². The summed E-state index contributed by atoms with van der Waals surface area (Å²) in [7, 11) is 0. The van der Waals surface area contributed by atoms with Crippen LogP contribution in [0.2, 0.25) is 0 Å². The van der Waals surface area contributed by atoms with E-state index in [4.69, 9.17) is 4.42 Å². The van der Waals surface area contributed by atoms with Crippen molar-refractivity contribution in [2.45, 2.75) is 0 Å². The molecule has 0 radical (unpaired) electrons. The summed E-state index contributed by atoms with van der Waals surface area (Å²) in [4.78, 5) is 2.36. The number of nitrogens with zero attached hydrogens (tertiary/aromatic N) is 2. The summed E-state index contributed by atoms with van der Waals surface area (Å²) in [6.07, 6.45) is 0. The van der Waals surface area contributed by atoms with Crippen LogP contribution in [0, 0.1) is 0 Å². The zero-order valence-electron chi connectivity index (χ0n) is 25.5. The smallest absolute Gasteiger partial charge is 0.136 e. The van der Waals surface area contributed by atoms with E-state index in [1.54, 1.807) is 0 Å². The first-order valence-corrected chi connectivity index (χ1v) is 16.0. The average molecular weight is 601 g/mol. The van der Waals surface area contributed by atoms with E-state index in [1.807, 2.05) is 12.1 Å². The van der Waals surface area contributed by atoms with Crippen molar-refractivity contribution in [2.75, 3.05) is 4.90 Å². The Hall–Kier alpha value is -6.32. The molecule has 0 atom stereocenters. The molecule has 0 fully saturated rings. The third-order valence-corrected chi connectivity index (χ3v) is 9.50. The lowest BCUT2D eigenvalue weighted by Gasteiger charge is -2.26. The fourth-order valence-electron chi connectivity index (χ4n) is 7.39. The van der Waals surface area contributed by atoms with Crippen LogP contribution in [0.3, 0.4) is 0 Å². The molecular weight excluding hydrogens is 572 g/mol. The number of para-hydroxylation sites is 3. The van der Waals surface area contributed by atoms with Gasteiger partial charge in [0.15, 0.2) is 0 Å². The molecule has 2 aromatic heterocycles. The molecule has 0 spiro atoms. The lowest BCUT2D eigenvalue weighted by atomic mass is 10.0. The van der Waals surface area contributed by atoms with Gasteiger partial charge >= 0.3 is 0 Å². The number of benzene rings is 8. The summed E-state index contributed by atoms with van der Waals surface area (Å²) in [6, 6.07) is 60.9. The molecule has 0 aliphatic heterocycles. The summed E-state index contributed by atoms with van der Waals surface area (Å²) < 4.78 is 8.61. The lowest BCUT2D eigenvalue weighted by Crippen LogP contribution is -2.10. The normalized spacial score (nSPS) is 11.8. The van der Waals surface area contributed by atoms with E-state index in [0.29, 0.717) is 0 Å². The van der Waals surface area contributed by atoms with Crippen LogP contribution in [-0.4, -0.2) is 4.57 Å². The molecule has 3 heteroatoms. The molecule has 0 aliphatic rings. The van der Waals surface area contributed by atoms with Gasteiger partial charge < -0.3 is 13.9 Å². The first-order valence-electron chi connectivity index (χ1n) is 16.0. The largest absolute Gasteiger partial charge is 0.456 e. The minimum Gasteiger partial charge on any atom is -0.456 e. The van der Waals surface area contributed by atoms with Gasteiger partial charge in [-0.05, 0) is 94.3 Å². The molecule has 10 aromatic rings. The molecule has 8 aromatic carbocycles. The van der Waals surface area contributed by atoms with Gasteiger partial charge in [-0.25, -0.2) is 0 Å². The summed E-state index contributed by atoms with van der Waals surface area (Å²) in [6.45, 7) is 0. The number of aromatic nitrogens is 1. The summed E-state index contributed by atoms with van der Waals surface area (Å²) >= 11 is 0. The highest BCUT2D eigenvalue weighted by atomic mass is 16.3. The molecule has 10 rings (SSSR count). The van der Waals surface area contributed by atoms with E-state index >= 15 is 0 Å². The van der Waals surface area contributed by atoms with Crippen molar-refractivity contribution in [3.63, 3.8) is 0 Å². The minimum absolute atomic E-state index is 0.915. The van der Waals surface area contributed by atoms with Gasteiger partial charge in [-0.1, -0.05) is 97.1 Å². The number of hydrogen-bond donors (Lipinski definition) is 0. The second kappa shape index (κ2) is 10.1. The third-order valence-electron chi connectivity index (χ3n) is 9.50. The second-order valence-electron chi connectivity index (χ2n) is 12.2. The van der Waals surface area contributed by atoms with Crippen molar-refractivity contribution in [3.8, 4) is 5.69 Å². The predicted octanol–water partition coefficient (Wildman–Crippen LogP) is 12.5. The van der Waals surface area contributed by atoms with Crippen LogP contribution in [0.15, 0.2) is 174 Å². The molecule has 0 N–H and O–H groups in total. The van der Waals surface area contributed by atoms with Crippen molar-refractivity contribution >= 4 is 82.4 Å². The Labute approximate surface area is 271 Å². The molecule has 2 heterocycles. The Morgan fingerprint density at radius 3 is 1.96 bits per heavy atom. The van der Waals surface area contributed by atoms with Crippen molar-refractivity contribution < 1.29 is 4.42 Å². The maximum Gasteiger partial charge on any atom is 0.136 e. The van der Waals surface area contributed by atoms with Crippen LogP contribution in [0.5, 0.6) is 0 Å². The van der Waals surface area contributed by atoms with Gasteiger partial charge in [-0.2, -0.15) is 0 Å². The topological polar surface area (TPSA) is 21.3 Å². The first kappa shape index (κ1) is 26.0. The van der Waals surface area contributed by atoms with Crippen molar-refractivity contribution in [2.24, 2.45) is 0 Å². The van der Waals surface area contributed by atoms with Gasteiger partial charge in [0.05, 0.1) is 11.0 Å². The van der Waals surface area contributed by atoms with Crippen molar-refractivity contribution in [1.82, 2.24) is 4.57 Å². The zero-order chi connectivity index (χ0) is 30.9. The van der Waals surface area contributed by atoms with Gasteiger partial charge in [0.1, 0.15) is 11.2 Å². The third kappa shape index (κ3) is 4.00. The monoisotopic (exact) mass is 600 g/mol. The zero-order valence-corrected chi connectivity index (χ0v) is 25.5. The second-order valence-corrected chi connectivity index (χ2v) is 12.2. The fourth-order valence-corrected chi connectivity index (χ4v) is 7.39. The van der Waals surface area contributed by atoms with Crippen LogP contribution in [0.4, 0.5) is 17.1 Å². The van der Waals surface area contributed by atoms with Gasteiger partial charge in [0.2, 0.25) is 0 Å². The number of hydrogen-bond acceptors (Lipinski definition) is 2. The Morgan fingerprint density at radius 1 is 0.383 bits per heavy atom. The number of anilines is 3. The van der Waals surface area contributed by atoms with Crippen LogP contribution >= 0.6 is 0 Å². The Balaban J connectivity index is 1.23. The maximum atomic E-state index is 6.20. The summed E-state index contributed by atoms with van der Waals surface area (Å²) in [5.41, 5.74) is 8.66. The molecular formula is C44H28N2O. The Bertz CT molecular complexity index is 2790. The quantitative estimate of drug-likeness (QED) is 0.200. The average Bonchev–Trinajstić information content (AvgIpc) is 3.66. The van der Waals surface area contributed by atoms with Gasteiger partial charge in [0.25, 0.3) is 0 Å². The lowest BCUT2D eigenvalue weighted by molar-refractivity contribution is 0.669. The molecule has 0 saturated heterocycles. The van der Waals surface area contributed by atoms with Crippen LogP contribution in [0.25, 0.3) is 71.0 Å². The first-order chi connectivity index (χ1) is 23.3. The predicted molar refractivity (Wildman–Crippen MR) is 198 cm³/mol. The molecule has 0 bridgehead atoms. The molecule has 0 aliphatic carbocycles. The van der Waals surface area contributed by atoms with Crippen LogP contribution in [-0.2, 0) is 0 Å². The summed E-state index contributed by atoms with van der Waals surface area (Å²) in [5.74, 6) is 0. The molecule has 0 unspecified atom stereocenters. The van der Waals surface area contributed by atoms with E-state index in [0.717, 1.165) is 50.1 Å². The number of furan rings is 1.